The monoisotopic (exact) mass is 302 g/mol. The average Bonchev–Trinajstić information content (AvgIpc) is 3.11. The first-order valence-electron chi connectivity index (χ1n) is 7.35. The predicted octanol–water partition coefficient (Wildman–Crippen LogP) is 2.85. The molecule has 0 aliphatic heterocycles. The summed E-state index contributed by atoms with van der Waals surface area (Å²) in [5, 5.41) is 13.5. The molecule has 0 amide bonds. The normalized spacial score (nSPS) is 11.1. The molecule has 112 valence electrons. The Morgan fingerprint density at radius 2 is 1.91 bits per heavy atom. The highest BCUT2D eigenvalue weighted by Gasteiger charge is 2.15. The molecule has 0 saturated carbocycles. The smallest absolute Gasteiger partial charge is 0.234 e. The maximum Gasteiger partial charge on any atom is 0.234 e. The van der Waals surface area contributed by atoms with E-state index < -0.39 is 0 Å². The predicted molar refractivity (Wildman–Crippen MR) is 88.6 cm³/mol. The molecule has 4 rings (SSSR count). The van der Waals surface area contributed by atoms with Gasteiger partial charge in [-0.15, -0.1) is 5.10 Å². The number of fused-ring (bicyclic) bond motifs is 3. The van der Waals surface area contributed by atoms with E-state index in [0.717, 1.165) is 22.4 Å². The van der Waals surface area contributed by atoms with Crippen LogP contribution in [0.4, 0.5) is 5.69 Å². The number of para-hydroxylation sites is 2. The summed E-state index contributed by atoms with van der Waals surface area (Å²) in [4.78, 5) is 4.66. The van der Waals surface area contributed by atoms with Gasteiger partial charge >= 0.3 is 0 Å². The first-order chi connectivity index (χ1) is 11.3. The van der Waals surface area contributed by atoms with Crippen molar-refractivity contribution >= 4 is 22.5 Å². The molecule has 0 saturated heterocycles. The topological polar surface area (TPSA) is 84.9 Å². The van der Waals surface area contributed by atoms with E-state index in [9.17, 15) is 0 Å². The fraction of sp³-hybridized carbons (Fsp3) is 0.118. The fourth-order valence-corrected chi connectivity index (χ4v) is 2.80. The molecular formula is C17H14N6. The third kappa shape index (κ3) is 2.10. The zero-order valence-electron chi connectivity index (χ0n) is 12.3. The maximum atomic E-state index is 8.90. The molecule has 0 atom stereocenters. The van der Waals surface area contributed by atoms with Crippen molar-refractivity contribution in [1.82, 2.24) is 19.2 Å². The molecule has 0 fully saturated rings. The van der Waals surface area contributed by atoms with Crippen LogP contribution in [0.5, 0.6) is 0 Å². The summed E-state index contributed by atoms with van der Waals surface area (Å²) < 4.78 is 3.85. The lowest BCUT2D eigenvalue weighted by Crippen LogP contribution is -1.97. The molecule has 0 bridgehead atoms. The van der Waals surface area contributed by atoms with E-state index in [1.54, 1.807) is 0 Å². The third-order valence-corrected chi connectivity index (χ3v) is 3.82. The number of anilines is 1. The summed E-state index contributed by atoms with van der Waals surface area (Å²) in [6.07, 6.45) is 0.425. The lowest BCUT2D eigenvalue weighted by atomic mass is 10.2. The fourth-order valence-electron chi connectivity index (χ4n) is 2.80. The van der Waals surface area contributed by atoms with Crippen LogP contribution in [0.1, 0.15) is 6.42 Å². The Morgan fingerprint density at radius 3 is 2.70 bits per heavy atom. The highest BCUT2D eigenvalue weighted by atomic mass is 15.4. The van der Waals surface area contributed by atoms with Crippen LogP contribution < -0.4 is 5.73 Å². The van der Waals surface area contributed by atoms with Crippen LogP contribution in [0, 0.1) is 11.3 Å². The van der Waals surface area contributed by atoms with Gasteiger partial charge < -0.3 is 10.3 Å². The van der Waals surface area contributed by atoms with Gasteiger partial charge in [-0.25, -0.2) is 0 Å². The van der Waals surface area contributed by atoms with Crippen LogP contribution in [-0.4, -0.2) is 19.2 Å². The molecule has 6 heteroatoms. The van der Waals surface area contributed by atoms with Gasteiger partial charge in [0.2, 0.25) is 5.78 Å². The number of nitriles is 1. The molecule has 6 nitrogen and oxygen atoms in total. The Labute approximate surface area is 132 Å². The molecule has 0 unspecified atom stereocenters. The molecule has 0 radical (unpaired) electrons. The molecule has 23 heavy (non-hydrogen) atoms. The number of nitrogens with two attached hydrogens (primary N) is 1. The summed E-state index contributed by atoms with van der Waals surface area (Å²) in [6.45, 7) is 0.586. The molecule has 4 aromatic rings. The second kappa shape index (κ2) is 5.14. The summed E-state index contributed by atoms with van der Waals surface area (Å²) in [6, 6.07) is 17.7. The van der Waals surface area contributed by atoms with Crippen molar-refractivity contribution in [3.8, 4) is 17.5 Å². The standard InChI is InChI=1S/C17H14N6/c18-9-4-10-22-14-7-1-2-8-15(14)23-17(22)20-16(21-23)12-5-3-6-13(19)11-12/h1-3,5-8,11H,4,10,19H2. The summed E-state index contributed by atoms with van der Waals surface area (Å²) in [7, 11) is 0. The minimum absolute atomic E-state index is 0.425. The molecule has 0 aliphatic carbocycles. The van der Waals surface area contributed by atoms with E-state index in [4.69, 9.17) is 11.0 Å². The van der Waals surface area contributed by atoms with Crippen molar-refractivity contribution < 1.29 is 0 Å². The number of hydrogen-bond donors (Lipinski definition) is 1. The first-order valence-corrected chi connectivity index (χ1v) is 7.35. The largest absolute Gasteiger partial charge is 0.399 e. The Bertz CT molecular complexity index is 1050. The van der Waals surface area contributed by atoms with Gasteiger partial charge in [-0.3, -0.25) is 0 Å². The van der Waals surface area contributed by atoms with Crippen LogP contribution in [0.2, 0.25) is 0 Å². The number of rotatable bonds is 3. The highest BCUT2D eigenvalue weighted by molar-refractivity contribution is 5.81. The number of aromatic nitrogens is 4. The average molecular weight is 302 g/mol. The summed E-state index contributed by atoms with van der Waals surface area (Å²) in [5.41, 5.74) is 9.41. The number of nitrogen functional groups attached to an aromatic ring is 1. The van der Waals surface area contributed by atoms with Gasteiger partial charge in [0, 0.05) is 17.8 Å². The molecule has 0 aliphatic rings. The van der Waals surface area contributed by atoms with Gasteiger partial charge in [0.15, 0.2) is 5.82 Å². The molecule has 2 N–H and O–H groups in total. The van der Waals surface area contributed by atoms with Gasteiger partial charge in [0.05, 0.1) is 23.5 Å². The van der Waals surface area contributed by atoms with Crippen LogP contribution in [0.3, 0.4) is 0 Å². The zero-order chi connectivity index (χ0) is 15.8. The van der Waals surface area contributed by atoms with Crippen molar-refractivity contribution in [2.24, 2.45) is 0 Å². The van der Waals surface area contributed by atoms with E-state index in [1.165, 1.54) is 0 Å². The molecular weight excluding hydrogens is 288 g/mol. The van der Waals surface area contributed by atoms with Crippen LogP contribution in [0.15, 0.2) is 48.5 Å². The van der Waals surface area contributed by atoms with Crippen molar-refractivity contribution in [2.45, 2.75) is 13.0 Å². The lowest BCUT2D eigenvalue weighted by Gasteiger charge is -2.01. The Hall–Kier alpha value is -3.33. The number of hydrogen-bond acceptors (Lipinski definition) is 4. The van der Waals surface area contributed by atoms with E-state index >= 15 is 0 Å². The van der Waals surface area contributed by atoms with Gasteiger partial charge in [-0.1, -0.05) is 24.3 Å². The van der Waals surface area contributed by atoms with Crippen LogP contribution in [-0.2, 0) is 6.54 Å². The minimum atomic E-state index is 0.425. The van der Waals surface area contributed by atoms with E-state index in [2.05, 4.69) is 16.2 Å². The maximum absolute atomic E-state index is 8.90. The second-order valence-electron chi connectivity index (χ2n) is 5.32. The zero-order valence-corrected chi connectivity index (χ0v) is 12.3. The van der Waals surface area contributed by atoms with Gasteiger partial charge in [0.1, 0.15) is 0 Å². The van der Waals surface area contributed by atoms with Crippen molar-refractivity contribution in [3.05, 3.63) is 48.5 Å². The lowest BCUT2D eigenvalue weighted by molar-refractivity contribution is 0.751. The minimum Gasteiger partial charge on any atom is -0.399 e. The highest BCUT2D eigenvalue weighted by Crippen LogP contribution is 2.24. The molecule has 2 heterocycles. The van der Waals surface area contributed by atoms with E-state index in [-0.39, 0.29) is 0 Å². The van der Waals surface area contributed by atoms with Crippen LogP contribution >= 0.6 is 0 Å². The number of benzene rings is 2. The first kappa shape index (κ1) is 13.3. The quantitative estimate of drug-likeness (QED) is 0.590. The van der Waals surface area contributed by atoms with Crippen molar-refractivity contribution in [3.63, 3.8) is 0 Å². The molecule has 2 aromatic heterocycles. The summed E-state index contributed by atoms with van der Waals surface area (Å²) >= 11 is 0. The van der Waals surface area contributed by atoms with Gasteiger partial charge in [-0.2, -0.15) is 14.8 Å². The Kier molecular flexibility index (Phi) is 2.98. The molecule has 0 spiro atoms. The number of imidazole rings is 1. The Morgan fingerprint density at radius 1 is 1.09 bits per heavy atom. The molecule has 2 aromatic carbocycles. The second-order valence-corrected chi connectivity index (χ2v) is 5.32. The van der Waals surface area contributed by atoms with Crippen LogP contribution in [0.25, 0.3) is 28.2 Å². The van der Waals surface area contributed by atoms with E-state index in [1.807, 2.05) is 57.6 Å². The Balaban J connectivity index is 1.96. The van der Waals surface area contributed by atoms with Crippen molar-refractivity contribution in [1.29, 1.82) is 5.26 Å². The van der Waals surface area contributed by atoms with E-state index in [0.29, 0.717) is 24.5 Å². The van der Waals surface area contributed by atoms with Gasteiger partial charge in [0.25, 0.3) is 0 Å². The van der Waals surface area contributed by atoms with Crippen molar-refractivity contribution in [2.75, 3.05) is 5.73 Å². The number of nitrogens with zero attached hydrogens (tertiary/aromatic N) is 5. The summed E-state index contributed by atoms with van der Waals surface area (Å²) in [5.74, 6) is 1.36. The van der Waals surface area contributed by atoms with Gasteiger partial charge in [-0.05, 0) is 24.3 Å². The number of aryl methyl sites for hydroxylation is 1. The third-order valence-electron chi connectivity index (χ3n) is 3.82. The SMILES string of the molecule is N#CCCn1c2ccccc2n2nc(-c3cccc(N)c3)nc12.